The Labute approximate surface area is 128 Å². The van der Waals surface area contributed by atoms with E-state index in [-0.39, 0.29) is 11.7 Å². The summed E-state index contributed by atoms with van der Waals surface area (Å²) in [5.41, 5.74) is 3.30. The van der Waals surface area contributed by atoms with Gasteiger partial charge in [0.1, 0.15) is 11.3 Å². The van der Waals surface area contributed by atoms with Crippen LogP contribution in [-0.2, 0) is 5.88 Å². The van der Waals surface area contributed by atoms with Crippen LogP contribution in [0.25, 0.3) is 16.7 Å². The van der Waals surface area contributed by atoms with E-state index in [4.69, 9.17) is 11.6 Å². The van der Waals surface area contributed by atoms with Crippen molar-refractivity contribution in [1.29, 1.82) is 0 Å². The van der Waals surface area contributed by atoms with Crippen molar-refractivity contribution in [3.05, 3.63) is 59.7 Å². The quantitative estimate of drug-likeness (QED) is 0.621. The highest BCUT2D eigenvalue weighted by Crippen LogP contribution is 2.26. The van der Waals surface area contributed by atoms with Crippen molar-refractivity contribution < 1.29 is 4.39 Å². The Bertz CT molecular complexity index is 793. The minimum atomic E-state index is -0.322. The number of alkyl halides is 1. The van der Waals surface area contributed by atoms with Gasteiger partial charge in [0.2, 0.25) is 0 Å². The SMILES string of the molecule is CC(C)c1cccc(-n2c(CCl)nc3c(F)cccc32)c1. The Morgan fingerprint density at radius 3 is 2.67 bits per heavy atom. The monoisotopic (exact) mass is 302 g/mol. The molecule has 1 heterocycles. The predicted octanol–water partition coefficient (Wildman–Crippen LogP) is 5.03. The molecule has 0 aliphatic carbocycles. The van der Waals surface area contributed by atoms with Crippen LogP contribution in [0, 0.1) is 5.82 Å². The summed E-state index contributed by atoms with van der Waals surface area (Å²) in [6, 6.07) is 13.2. The third kappa shape index (κ3) is 2.42. The maximum absolute atomic E-state index is 13.9. The van der Waals surface area contributed by atoms with Gasteiger partial charge in [-0.1, -0.05) is 32.0 Å². The summed E-state index contributed by atoms with van der Waals surface area (Å²) in [5, 5.41) is 0. The lowest BCUT2D eigenvalue weighted by molar-refractivity contribution is 0.637. The first kappa shape index (κ1) is 14.1. The highest BCUT2D eigenvalue weighted by molar-refractivity contribution is 6.17. The van der Waals surface area contributed by atoms with Gasteiger partial charge in [0, 0.05) is 5.69 Å². The van der Waals surface area contributed by atoms with Gasteiger partial charge < -0.3 is 0 Å². The molecular formula is C17H16ClFN2. The van der Waals surface area contributed by atoms with E-state index in [0.29, 0.717) is 17.3 Å². The van der Waals surface area contributed by atoms with Gasteiger partial charge in [-0.15, -0.1) is 11.6 Å². The van der Waals surface area contributed by atoms with Crippen LogP contribution in [0.15, 0.2) is 42.5 Å². The lowest BCUT2D eigenvalue weighted by Gasteiger charge is -2.11. The van der Waals surface area contributed by atoms with E-state index < -0.39 is 0 Å². The molecule has 4 heteroatoms. The maximum atomic E-state index is 13.9. The van der Waals surface area contributed by atoms with Crippen molar-refractivity contribution in [2.24, 2.45) is 0 Å². The number of rotatable bonds is 3. The Kier molecular flexibility index (Phi) is 3.68. The normalized spacial score (nSPS) is 11.5. The molecule has 0 fully saturated rings. The largest absolute Gasteiger partial charge is 0.295 e. The molecule has 21 heavy (non-hydrogen) atoms. The molecule has 1 aromatic heterocycles. The van der Waals surface area contributed by atoms with Gasteiger partial charge in [-0.2, -0.15) is 0 Å². The maximum Gasteiger partial charge on any atom is 0.151 e. The van der Waals surface area contributed by atoms with E-state index in [1.165, 1.54) is 11.6 Å². The van der Waals surface area contributed by atoms with E-state index in [1.54, 1.807) is 6.07 Å². The Morgan fingerprint density at radius 1 is 1.19 bits per heavy atom. The van der Waals surface area contributed by atoms with Gasteiger partial charge in [0.15, 0.2) is 5.82 Å². The summed E-state index contributed by atoms with van der Waals surface area (Å²) < 4.78 is 15.8. The molecule has 0 spiro atoms. The average molecular weight is 303 g/mol. The number of nitrogens with zero attached hydrogens (tertiary/aromatic N) is 2. The van der Waals surface area contributed by atoms with Crippen LogP contribution < -0.4 is 0 Å². The van der Waals surface area contributed by atoms with Crippen LogP contribution in [0.4, 0.5) is 4.39 Å². The topological polar surface area (TPSA) is 17.8 Å². The van der Waals surface area contributed by atoms with E-state index in [9.17, 15) is 4.39 Å². The van der Waals surface area contributed by atoms with Gasteiger partial charge in [-0.05, 0) is 35.7 Å². The van der Waals surface area contributed by atoms with Gasteiger partial charge >= 0.3 is 0 Å². The molecule has 0 bridgehead atoms. The Morgan fingerprint density at radius 2 is 1.95 bits per heavy atom. The summed E-state index contributed by atoms with van der Waals surface area (Å²) in [4.78, 5) is 4.34. The van der Waals surface area contributed by atoms with E-state index >= 15 is 0 Å². The fourth-order valence-corrected chi connectivity index (χ4v) is 2.69. The van der Waals surface area contributed by atoms with Crippen molar-refractivity contribution in [2.45, 2.75) is 25.6 Å². The first-order valence-electron chi connectivity index (χ1n) is 6.94. The minimum Gasteiger partial charge on any atom is -0.295 e. The second-order valence-corrected chi connectivity index (χ2v) is 5.62. The second kappa shape index (κ2) is 5.49. The highest BCUT2D eigenvalue weighted by Gasteiger charge is 2.14. The van der Waals surface area contributed by atoms with E-state index in [0.717, 1.165) is 11.2 Å². The lowest BCUT2D eigenvalue weighted by atomic mass is 10.0. The van der Waals surface area contributed by atoms with Crippen LogP contribution in [0.1, 0.15) is 31.2 Å². The van der Waals surface area contributed by atoms with Crippen LogP contribution >= 0.6 is 11.6 Å². The summed E-state index contributed by atoms with van der Waals surface area (Å²) in [7, 11) is 0. The molecule has 2 nitrogen and oxygen atoms in total. The summed E-state index contributed by atoms with van der Waals surface area (Å²) >= 11 is 6.00. The zero-order valence-electron chi connectivity index (χ0n) is 12.0. The third-order valence-electron chi connectivity index (χ3n) is 3.62. The molecule has 2 aromatic carbocycles. The number of halogens is 2. The first-order valence-corrected chi connectivity index (χ1v) is 7.47. The number of para-hydroxylation sites is 1. The summed E-state index contributed by atoms with van der Waals surface area (Å²) in [6.07, 6.45) is 0. The number of aromatic nitrogens is 2. The molecule has 0 atom stereocenters. The molecule has 0 saturated heterocycles. The van der Waals surface area contributed by atoms with Crippen molar-refractivity contribution in [3.8, 4) is 5.69 Å². The minimum absolute atomic E-state index is 0.236. The number of hydrogen-bond acceptors (Lipinski definition) is 1. The second-order valence-electron chi connectivity index (χ2n) is 5.35. The van der Waals surface area contributed by atoms with Crippen LogP contribution in [0.3, 0.4) is 0 Å². The van der Waals surface area contributed by atoms with Crippen molar-refractivity contribution in [2.75, 3.05) is 0 Å². The molecule has 0 aliphatic rings. The van der Waals surface area contributed by atoms with Crippen molar-refractivity contribution >= 4 is 22.6 Å². The zero-order chi connectivity index (χ0) is 15.0. The number of fused-ring (bicyclic) bond motifs is 1. The first-order chi connectivity index (χ1) is 10.1. The molecule has 0 aliphatic heterocycles. The Hall–Kier alpha value is -1.87. The molecule has 3 rings (SSSR count). The standard InChI is InChI=1S/C17H16ClFN2/c1-11(2)12-5-3-6-13(9-12)21-15-8-4-7-14(19)17(15)20-16(21)10-18/h3-9,11H,10H2,1-2H3. The Balaban J connectivity index is 2.28. The van der Waals surface area contributed by atoms with Crippen LogP contribution in [0.2, 0.25) is 0 Å². The van der Waals surface area contributed by atoms with Gasteiger partial charge in [0.25, 0.3) is 0 Å². The fourth-order valence-electron chi connectivity index (χ4n) is 2.51. The van der Waals surface area contributed by atoms with E-state index in [2.05, 4.69) is 31.0 Å². The van der Waals surface area contributed by atoms with Gasteiger partial charge in [0.05, 0.1) is 11.4 Å². The molecule has 3 aromatic rings. The predicted molar refractivity (Wildman–Crippen MR) is 84.7 cm³/mol. The fraction of sp³-hybridized carbons (Fsp3) is 0.235. The van der Waals surface area contributed by atoms with Crippen molar-refractivity contribution in [1.82, 2.24) is 9.55 Å². The molecular weight excluding hydrogens is 287 g/mol. The number of hydrogen-bond donors (Lipinski definition) is 0. The number of benzene rings is 2. The molecule has 0 unspecified atom stereocenters. The smallest absolute Gasteiger partial charge is 0.151 e. The molecule has 108 valence electrons. The van der Waals surface area contributed by atoms with Crippen LogP contribution in [0.5, 0.6) is 0 Å². The molecule has 0 N–H and O–H groups in total. The summed E-state index contributed by atoms with van der Waals surface area (Å²) in [6.45, 7) is 4.29. The van der Waals surface area contributed by atoms with Crippen molar-refractivity contribution in [3.63, 3.8) is 0 Å². The third-order valence-corrected chi connectivity index (χ3v) is 3.86. The van der Waals surface area contributed by atoms with Gasteiger partial charge in [-0.3, -0.25) is 4.57 Å². The average Bonchev–Trinajstić information content (AvgIpc) is 2.87. The molecule has 0 amide bonds. The zero-order valence-corrected chi connectivity index (χ0v) is 12.7. The van der Waals surface area contributed by atoms with E-state index in [1.807, 2.05) is 22.8 Å². The molecule has 0 radical (unpaired) electrons. The van der Waals surface area contributed by atoms with Gasteiger partial charge in [-0.25, -0.2) is 9.37 Å². The highest BCUT2D eigenvalue weighted by atomic mass is 35.5. The lowest BCUT2D eigenvalue weighted by Crippen LogP contribution is -2.00. The van der Waals surface area contributed by atoms with Crippen LogP contribution in [-0.4, -0.2) is 9.55 Å². The molecule has 0 saturated carbocycles. The summed E-state index contributed by atoms with van der Waals surface area (Å²) in [5.74, 6) is 0.992. The number of imidazole rings is 1.